The van der Waals surface area contributed by atoms with Crippen molar-refractivity contribution in [3.05, 3.63) is 35.9 Å². The second-order valence-corrected chi connectivity index (χ2v) is 8.56. The first-order valence-corrected chi connectivity index (χ1v) is 12.1. The third-order valence-corrected chi connectivity index (χ3v) is 6.24. The highest BCUT2D eigenvalue weighted by Gasteiger charge is 2.24. The smallest absolute Gasteiger partial charge is 0.409 e. The van der Waals surface area contributed by atoms with E-state index in [9.17, 15) is 4.79 Å². The molecule has 0 spiro atoms. The van der Waals surface area contributed by atoms with Crippen LogP contribution in [0.1, 0.15) is 31.7 Å². The first-order valence-electron chi connectivity index (χ1n) is 12.1. The Morgan fingerprint density at radius 1 is 1.06 bits per heavy atom. The lowest BCUT2D eigenvalue weighted by molar-refractivity contribution is 0.0963. The predicted molar refractivity (Wildman–Crippen MR) is 129 cm³/mol. The fraction of sp³-hybridized carbons (Fsp3) is 0.667. The molecule has 2 aliphatic heterocycles. The van der Waals surface area contributed by atoms with Gasteiger partial charge in [0, 0.05) is 65.4 Å². The van der Waals surface area contributed by atoms with Gasteiger partial charge in [0.15, 0.2) is 5.96 Å². The Hall–Kier alpha value is -2.32. The Bertz CT molecular complexity index is 698. The molecule has 2 heterocycles. The quantitative estimate of drug-likeness (QED) is 0.363. The fourth-order valence-electron chi connectivity index (χ4n) is 4.33. The van der Waals surface area contributed by atoms with Gasteiger partial charge in [-0.1, -0.05) is 30.3 Å². The number of aliphatic imine (C=N–C) groups is 1. The van der Waals surface area contributed by atoms with Gasteiger partial charge in [-0.2, -0.15) is 0 Å². The van der Waals surface area contributed by atoms with Crippen LogP contribution in [-0.4, -0.2) is 98.8 Å². The van der Waals surface area contributed by atoms with Gasteiger partial charge in [-0.25, -0.2) is 4.79 Å². The maximum absolute atomic E-state index is 11.8. The van der Waals surface area contributed by atoms with Crippen LogP contribution in [0, 0.1) is 0 Å². The number of hydrogen-bond acceptors (Lipinski definition) is 5. The van der Waals surface area contributed by atoms with Crippen LogP contribution in [0.2, 0.25) is 0 Å². The summed E-state index contributed by atoms with van der Waals surface area (Å²) in [6, 6.07) is 11.1. The summed E-state index contributed by atoms with van der Waals surface area (Å²) in [7, 11) is 1.81. The Morgan fingerprint density at radius 2 is 1.75 bits per heavy atom. The molecule has 2 aliphatic rings. The van der Waals surface area contributed by atoms with Gasteiger partial charge in [0.1, 0.15) is 0 Å². The van der Waals surface area contributed by atoms with Crippen molar-refractivity contribution in [2.45, 2.75) is 38.8 Å². The zero-order valence-electron chi connectivity index (χ0n) is 19.8. The number of benzene rings is 1. The van der Waals surface area contributed by atoms with E-state index in [1.165, 1.54) is 5.56 Å². The van der Waals surface area contributed by atoms with Crippen molar-refractivity contribution in [2.24, 2.45) is 4.99 Å². The van der Waals surface area contributed by atoms with Gasteiger partial charge >= 0.3 is 6.09 Å². The minimum absolute atomic E-state index is 0.200. The third kappa shape index (κ3) is 7.98. The molecular weight excluding hydrogens is 404 g/mol. The molecule has 0 unspecified atom stereocenters. The van der Waals surface area contributed by atoms with Crippen LogP contribution < -0.4 is 10.6 Å². The standard InChI is InChI=1S/C24H40N6O2/c1-3-32-24(31)30-14-10-22(11-15-30)27-23(25-2)26-12-7-13-28-16-18-29(19-17-28)20-21-8-5-4-6-9-21/h4-6,8-9,22H,3,7,10-20H2,1-2H3,(H2,25,26,27). The van der Waals surface area contributed by atoms with E-state index in [0.29, 0.717) is 12.6 Å². The molecule has 1 aromatic carbocycles. The van der Waals surface area contributed by atoms with Crippen LogP contribution in [0.4, 0.5) is 4.79 Å². The molecule has 8 heteroatoms. The zero-order chi connectivity index (χ0) is 22.6. The highest BCUT2D eigenvalue weighted by molar-refractivity contribution is 5.80. The molecule has 0 saturated carbocycles. The largest absolute Gasteiger partial charge is 0.450 e. The molecule has 2 N–H and O–H groups in total. The number of carbonyl (C=O) groups is 1. The van der Waals surface area contributed by atoms with Crippen LogP contribution in [0.15, 0.2) is 35.3 Å². The number of guanidine groups is 1. The summed E-state index contributed by atoms with van der Waals surface area (Å²) in [4.78, 5) is 23.1. The van der Waals surface area contributed by atoms with Gasteiger partial charge < -0.3 is 25.2 Å². The predicted octanol–water partition coefficient (Wildman–Crippen LogP) is 1.98. The molecule has 8 nitrogen and oxygen atoms in total. The molecule has 0 atom stereocenters. The lowest BCUT2D eigenvalue weighted by Crippen LogP contribution is -2.50. The number of rotatable bonds is 8. The summed E-state index contributed by atoms with van der Waals surface area (Å²) >= 11 is 0. The maximum atomic E-state index is 11.8. The van der Waals surface area contributed by atoms with Crippen molar-refractivity contribution in [1.29, 1.82) is 0 Å². The number of carbonyl (C=O) groups excluding carboxylic acids is 1. The summed E-state index contributed by atoms with van der Waals surface area (Å²) < 4.78 is 5.09. The molecule has 0 aliphatic carbocycles. The van der Waals surface area contributed by atoms with Crippen molar-refractivity contribution >= 4 is 12.1 Å². The number of piperazine rings is 1. The molecule has 3 rings (SSSR count). The van der Waals surface area contributed by atoms with Crippen molar-refractivity contribution < 1.29 is 9.53 Å². The summed E-state index contributed by atoms with van der Waals surface area (Å²) in [6.45, 7) is 11.3. The van der Waals surface area contributed by atoms with Crippen molar-refractivity contribution in [3.63, 3.8) is 0 Å². The minimum Gasteiger partial charge on any atom is -0.450 e. The van der Waals surface area contributed by atoms with E-state index < -0.39 is 0 Å². The SMILES string of the molecule is CCOC(=O)N1CCC(NC(=NC)NCCCN2CCN(Cc3ccccc3)CC2)CC1. The lowest BCUT2D eigenvalue weighted by Gasteiger charge is -2.35. The molecule has 0 aromatic heterocycles. The van der Waals surface area contributed by atoms with Gasteiger partial charge in [0.25, 0.3) is 0 Å². The van der Waals surface area contributed by atoms with Crippen LogP contribution in [0.5, 0.6) is 0 Å². The summed E-state index contributed by atoms with van der Waals surface area (Å²) in [5, 5.41) is 6.95. The Morgan fingerprint density at radius 3 is 2.41 bits per heavy atom. The van der Waals surface area contributed by atoms with E-state index in [0.717, 1.165) is 84.1 Å². The van der Waals surface area contributed by atoms with Gasteiger partial charge in [-0.05, 0) is 38.3 Å². The third-order valence-electron chi connectivity index (χ3n) is 6.24. The van der Waals surface area contributed by atoms with E-state index in [1.54, 1.807) is 4.90 Å². The summed E-state index contributed by atoms with van der Waals surface area (Å²) in [5.74, 6) is 0.854. The molecule has 1 aromatic rings. The minimum atomic E-state index is -0.200. The lowest BCUT2D eigenvalue weighted by atomic mass is 10.1. The van der Waals surface area contributed by atoms with E-state index in [2.05, 4.69) is 55.8 Å². The number of ether oxygens (including phenoxy) is 1. The van der Waals surface area contributed by atoms with Crippen LogP contribution in [0.25, 0.3) is 0 Å². The van der Waals surface area contributed by atoms with Gasteiger partial charge in [0.2, 0.25) is 0 Å². The topological polar surface area (TPSA) is 72.4 Å². The maximum Gasteiger partial charge on any atom is 0.409 e. The van der Waals surface area contributed by atoms with E-state index in [-0.39, 0.29) is 6.09 Å². The fourth-order valence-corrected chi connectivity index (χ4v) is 4.33. The molecule has 0 radical (unpaired) electrons. The monoisotopic (exact) mass is 444 g/mol. The number of likely N-dealkylation sites (tertiary alicyclic amines) is 1. The van der Waals surface area contributed by atoms with Gasteiger partial charge in [-0.3, -0.25) is 9.89 Å². The normalized spacial score (nSPS) is 19.1. The van der Waals surface area contributed by atoms with Crippen molar-refractivity contribution in [3.8, 4) is 0 Å². The highest BCUT2D eigenvalue weighted by Crippen LogP contribution is 2.12. The molecule has 1 amide bonds. The second-order valence-electron chi connectivity index (χ2n) is 8.56. The Kier molecular flexibility index (Phi) is 10.1. The molecule has 2 saturated heterocycles. The zero-order valence-corrected chi connectivity index (χ0v) is 19.8. The highest BCUT2D eigenvalue weighted by atomic mass is 16.6. The molecule has 32 heavy (non-hydrogen) atoms. The first kappa shape index (κ1) is 24.3. The Balaban J connectivity index is 1.26. The number of nitrogens with one attached hydrogen (secondary N) is 2. The van der Waals surface area contributed by atoms with Crippen LogP contribution in [-0.2, 0) is 11.3 Å². The molecular formula is C24H40N6O2. The van der Waals surface area contributed by atoms with Gasteiger partial charge in [-0.15, -0.1) is 0 Å². The summed E-state index contributed by atoms with van der Waals surface area (Å²) in [5.41, 5.74) is 1.40. The number of piperidine rings is 1. The molecule has 178 valence electrons. The second kappa shape index (κ2) is 13.3. The Labute approximate surface area is 193 Å². The van der Waals surface area contributed by atoms with Crippen molar-refractivity contribution in [1.82, 2.24) is 25.3 Å². The number of amides is 1. The van der Waals surface area contributed by atoms with Crippen LogP contribution in [0.3, 0.4) is 0 Å². The average molecular weight is 445 g/mol. The number of hydrogen-bond donors (Lipinski definition) is 2. The molecule has 2 fully saturated rings. The number of nitrogens with zero attached hydrogens (tertiary/aromatic N) is 4. The van der Waals surface area contributed by atoms with E-state index >= 15 is 0 Å². The first-order chi connectivity index (χ1) is 15.7. The van der Waals surface area contributed by atoms with Gasteiger partial charge in [0.05, 0.1) is 6.61 Å². The summed E-state index contributed by atoms with van der Waals surface area (Å²) in [6.07, 6.45) is 2.72. The van der Waals surface area contributed by atoms with E-state index in [1.807, 2.05) is 14.0 Å². The average Bonchev–Trinajstić information content (AvgIpc) is 2.83. The van der Waals surface area contributed by atoms with Crippen molar-refractivity contribution in [2.75, 3.05) is 66.0 Å². The molecule has 0 bridgehead atoms. The van der Waals surface area contributed by atoms with Crippen LogP contribution >= 0.6 is 0 Å². The van der Waals surface area contributed by atoms with E-state index in [4.69, 9.17) is 4.74 Å².